The van der Waals surface area contributed by atoms with Crippen molar-refractivity contribution in [3.63, 3.8) is 0 Å². The highest BCUT2D eigenvalue weighted by Crippen LogP contribution is 2.29. The number of carbonyl (C=O) groups is 2. The molecule has 0 bridgehead atoms. The van der Waals surface area contributed by atoms with E-state index in [-0.39, 0.29) is 11.9 Å². The molecular weight excluding hydrogens is 338 g/mol. The minimum atomic E-state index is -0.281. The molecular formula is C19H27NO4S. The SMILES string of the molecule is CCOC(=O)C1=C(N(CCc2ccco2)C(=O)CSCC)CCCC1. The van der Waals surface area contributed by atoms with Crippen molar-refractivity contribution >= 4 is 23.6 Å². The number of ether oxygens (including phenoxy) is 1. The third-order valence-corrected chi connectivity index (χ3v) is 5.04. The molecule has 0 aliphatic heterocycles. The molecule has 0 spiro atoms. The zero-order chi connectivity index (χ0) is 18.1. The Morgan fingerprint density at radius 1 is 1.28 bits per heavy atom. The molecule has 0 aromatic carbocycles. The Morgan fingerprint density at radius 2 is 2.08 bits per heavy atom. The maximum absolute atomic E-state index is 12.8. The molecule has 1 amide bonds. The summed E-state index contributed by atoms with van der Waals surface area (Å²) < 4.78 is 10.6. The first-order chi connectivity index (χ1) is 12.2. The lowest BCUT2D eigenvalue weighted by molar-refractivity contribution is -0.139. The van der Waals surface area contributed by atoms with Crippen LogP contribution in [0.4, 0.5) is 0 Å². The van der Waals surface area contributed by atoms with E-state index in [4.69, 9.17) is 9.15 Å². The van der Waals surface area contributed by atoms with Crippen LogP contribution >= 0.6 is 11.8 Å². The second-order valence-corrected chi connectivity index (χ2v) is 7.14. The van der Waals surface area contributed by atoms with Crippen molar-refractivity contribution < 1.29 is 18.7 Å². The van der Waals surface area contributed by atoms with Gasteiger partial charge in [0.15, 0.2) is 0 Å². The van der Waals surface area contributed by atoms with Crippen molar-refractivity contribution in [3.05, 3.63) is 35.4 Å². The Balaban J connectivity index is 2.23. The smallest absolute Gasteiger partial charge is 0.335 e. The first-order valence-corrected chi connectivity index (χ1v) is 10.1. The highest BCUT2D eigenvalue weighted by molar-refractivity contribution is 7.99. The van der Waals surface area contributed by atoms with Crippen molar-refractivity contribution in [1.82, 2.24) is 4.90 Å². The number of carbonyl (C=O) groups excluding carboxylic acids is 2. The van der Waals surface area contributed by atoms with Gasteiger partial charge in [-0.1, -0.05) is 6.92 Å². The number of amides is 1. The summed E-state index contributed by atoms with van der Waals surface area (Å²) >= 11 is 1.60. The summed E-state index contributed by atoms with van der Waals surface area (Å²) in [6, 6.07) is 3.75. The van der Waals surface area contributed by atoms with E-state index in [1.807, 2.05) is 19.1 Å². The second-order valence-electron chi connectivity index (χ2n) is 5.86. The van der Waals surface area contributed by atoms with Crippen molar-refractivity contribution in [3.8, 4) is 0 Å². The lowest BCUT2D eigenvalue weighted by Crippen LogP contribution is -2.36. The third kappa shape index (κ3) is 5.66. The highest BCUT2D eigenvalue weighted by atomic mass is 32.2. The molecule has 0 radical (unpaired) electrons. The van der Waals surface area contributed by atoms with Crippen LogP contribution in [0.15, 0.2) is 34.1 Å². The number of hydrogen-bond acceptors (Lipinski definition) is 5. The van der Waals surface area contributed by atoms with Gasteiger partial charge in [0.05, 0.1) is 24.2 Å². The van der Waals surface area contributed by atoms with E-state index in [9.17, 15) is 9.59 Å². The number of allylic oxidation sites excluding steroid dienone is 1. The van der Waals surface area contributed by atoms with Gasteiger partial charge in [-0.2, -0.15) is 11.8 Å². The van der Waals surface area contributed by atoms with Crippen molar-refractivity contribution in [1.29, 1.82) is 0 Å². The number of rotatable bonds is 9. The van der Waals surface area contributed by atoms with Gasteiger partial charge in [0.1, 0.15) is 5.76 Å². The molecule has 0 atom stereocenters. The average Bonchev–Trinajstić information content (AvgIpc) is 3.14. The topological polar surface area (TPSA) is 59.8 Å². The fraction of sp³-hybridized carbons (Fsp3) is 0.579. The number of nitrogens with zero attached hydrogens (tertiary/aromatic N) is 1. The van der Waals surface area contributed by atoms with Crippen LogP contribution in [0.3, 0.4) is 0 Å². The van der Waals surface area contributed by atoms with E-state index in [0.717, 1.165) is 36.5 Å². The van der Waals surface area contributed by atoms with Crippen LogP contribution in [-0.4, -0.2) is 41.4 Å². The minimum Gasteiger partial charge on any atom is -0.469 e. The summed E-state index contributed by atoms with van der Waals surface area (Å²) in [5.41, 5.74) is 1.51. The van der Waals surface area contributed by atoms with E-state index in [2.05, 4.69) is 0 Å². The van der Waals surface area contributed by atoms with E-state index in [1.54, 1.807) is 29.8 Å². The maximum Gasteiger partial charge on any atom is 0.335 e. The van der Waals surface area contributed by atoms with Gasteiger partial charge in [0.2, 0.25) is 5.91 Å². The average molecular weight is 365 g/mol. The predicted octanol–water partition coefficient (Wildman–Crippen LogP) is 3.80. The molecule has 25 heavy (non-hydrogen) atoms. The van der Waals surface area contributed by atoms with E-state index in [0.29, 0.717) is 37.3 Å². The van der Waals surface area contributed by atoms with Gasteiger partial charge in [-0.15, -0.1) is 0 Å². The summed E-state index contributed by atoms with van der Waals surface area (Å²) in [7, 11) is 0. The first-order valence-electron chi connectivity index (χ1n) is 8.97. The second kappa shape index (κ2) is 10.3. The molecule has 0 unspecified atom stereocenters. The molecule has 138 valence electrons. The van der Waals surface area contributed by atoms with Gasteiger partial charge in [-0.3, -0.25) is 4.79 Å². The van der Waals surface area contributed by atoms with Crippen LogP contribution in [0.25, 0.3) is 0 Å². The van der Waals surface area contributed by atoms with Gasteiger partial charge in [0, 0.05) is 18.7 Å². The Bertz CT molecular complexity index is 595. The number of hydrogen-bond donors (Lipinski definition) is 0. The van der Waals surface area contributed by atoms with E-state index < -0.39 is 0 Å². The summed E-state index contributed by atoms with van der Waals surface area (Å²) in [6.07, 6.45) is 5.65. The molecule has 1 aliphatic carbocycles. The molecule has 0 N–H and O–H groups in total. The summed E-state index contributed by atoms with van der Waals surface area (Å²) in [5, 5.41) is 0. The predicted molar refractivity (Wildman–Crippen MR) is 99.3 cm³/mol. The zero-order valence-corrected chi connectivity index (χ0v) is 15.9. The quantitative estimate of drug-likeness (QED) is 0.623. The molecule has 1 aromatic rings. The molecule has 1 aromatic heterocycles. The number of furan rings is 1. The first kappa shape index (κ1) is 19.6. The molecule has 0 saturated carbocycles. The molecule has 0 fully saturated rings. The van der Waals surface area contributed by atoms with E-state index >= 15 is 0 Å². The maximum atomic E-state index is 12.8. The standard InChI is InChI=1S/C19H27NO4S/c1-3-23-19(22)16-9-5-6-10-17(16)20(18(21)14-25-4-2)12-11-15-8-7-13-24-15/h7-8,13H,3-6,9-12,14H2,1-2H3. The van der Waals surface area contributed by atoms with Crippen LogP contribution in [-0.2, 0) is 20.7 Å². The number of esters is 1. The fourth-order valence-electron chi connectivity index (χ4n) is 2.98. The van der Waals surface area contributed by atoms with Gasteiger partial charge in [0.25, 0.3) is 0 Å². The Hall–Kier alpha value is -1.69. The third-order valence-electron chi connectivity index (χ3n) is 4.18. The van der Waals surface area contributed by atoms with Crippen molar-refractivity contribution in [2.45, 2.75) is 46.0 Å². The normalized spacial score (nSPS) is 14.5. The molecule has 1 aliphatic rings. The molecule has 2 rings (SSSR count). The van der Waals surface area contributed by atoms with Crippen LogP contribution in [0.5, 0.6) is 0 Å². The summed E-state index contributed by atoms with van der Waals surface area (Å²) in [6.45, 7) is 4.71. The Labute approximate surface area is 153 Å². The van der Waals surface area contributed by atoms with Gasteiger partial charge < -0.3 is 14.1 Å². The lowest BCUT2D eigenvalue weighted by Gasteiger charge is -2.30. The molecule has 1 heterocycles. The number of thioether (sulfide) groups is 1. The highest BCUT2D eigenvalue weighted by Gasteiger charge is 2.27. The van der Waals surface area contributed by atoms with Gasteiger partial charge in [-0.25, -0.2) is 4.79 Å². The molecule has 5 nitrogen and oxygen atoms in total. The summed E-state index contributed by atoms with van der Waals surface area (Å²) in [5.74, 6) is 1.93. The summed E-state index contributed by atoms with van der Waals surface area (Å²) in [4.78, 5) is 26.9. The lowest BCUT2D eigenvalue weighted by atomic mass is 9.95. The monoisotopic (exact) mass is 365 g/mol. The molecule has 0 saturated heterocycles. The fourth-order valence-corrected chi connectivity index (χ4v) is 3.51. The Kier molecular flexibility index (Phi) is 8.12. The minimum absolute atomic E-state index is 0.0529. The Morgan fingerprint density at radius 3 is 2.76 bits per heavy atom. The van der Waals surface area contributed by atoms with Crippen LogP contribution in [0.2, 0.25) is 0 Å². The van der Waals surface area contributed by atoms with Crippen LogP contribution < -0.4 is 0 Å². The van der Waals surface area contributed by atoms with Crippen LogP contribution in [0.1, 0.15) is 45.3 Å². The molecule has 6 heteroatoms. The van der Waals surface area contributed by atoms with Crippen molar-refractivity contribution in [2.75, 3.05) is 24.7 Å². The zero-order valence-electron chi connectivity index (χ0n) is 15.1. The van der Waals surface area contributed by atoms with E-state index in [1.165, 1.54) is 0 Å². The van der Waals surface area contributed by atoms with Crippen molar-refractivity contribution in [2.24, 2.45) is 0 Å². The van der Waals surface area contributed by atoms with Gasteiger partial charge in [-0.05, 0) is 50.5 Å². The van der Waals surface area contributed by atoms with Crippen LogP contribution in [0, 0.1) is 0 Å². The largest absolute Gasteiger partial charge is 0.469 e. The van der Waals surface area contributed by atoms with Gasteiger partial charge >= 0.3 is 5.97 Å².